The van der Waals surface area contributed by atoms with Crippen LogP contribution in [0.4, 0.5) is 0 Å². The van der Waals surface area contributed by atoms with Gasteiger partial charge in [-0.1, -0.05) is 64.4 Å². The zero-order valence-electron chi connectivity index (χ0n) is 23.3. The van der Waals surface area contributed by atoms with E-state index < -0.39 is 20.7 Å². The molecule has 3 rings (SSSR count). The number of hydrogen-bond donors (Lipinski definition) is 0. The maximum atomic E-state index is 14.1. The number of carbonyl (C=O) groups excluding carboxylic acids is 1. The molecular weight excluding hydrogens is 506 g/mol. The van der Waals surface area contributed by atoms with Gasteiger partial charge in [-0.05, 0) is 67.5 Å². The second-order valence-electron chi connectivity index (χ2n) is 12.0. The van der Waals surface area contributed by atoms with Crippen LogP contribution in [0.1, 0.15) is 78.1 Å². The number of rotatable bonds is 9. The van der Waals surface area contributed by atoms with Crippen molar-refractivity contribution in [1.29, 1.82) is 0 Å². The van der Waals surface area contributed by atoms with Gasteiger partial charge in [-0.25, -0.2) is 8.42 Å². The Bertz CT molecular complexity index is 1380. The average Bonchev–Trinajstić information content (AvgIpc) is 3.06. The SMILES string of the molecule is CCOC(=O)C(C)(C)Cc1c(S(=O)(=O)CC(C)(C)C)c2cc(C(C)C)ccc2n1Cc1ccc(Cl)cc1. The van der Waals surface area contributed by atoms with Crippen molar-refractivity contribution in [2.75, 3.05) is 12.4 Å². The van der Waals surface area contributed by atoms with Crippen molar-refractivity contribution in [2.24, 2.45) is 10.8 Å². The molecule has 0 bridgehead atoms. The molecule has 0 atom stereocenters. The average molecular weight is 546 g/mol. The zero-order chi connectivity index (χ0) is 27.8. The Morgan fingerprint density at radius 2 is 1.65 bits per heavy atom. The van der Waals surface area contributed by atoms with E-state index in [9.17, 15) is 13.2 Å². The van der Waals surface area contributed by atoms with E-state index in [1.165, 1.54) is 0 Å². The number of ether oxygens (including phenoxy) is 1. The Hall–Kier alpha value is -2.31. The van der Waals surface area contributed by atoms with Crippen LogP contribution in [0.5, 0.6) is 0 Å². The molecule has 0 amide bonds. The zero-order valence-corrected chi connectivity index (χ0v) is 24.9. The van der Waals surface area contributed by atoms with Crippen molar-refractivity contribution in [2.45, 2.75) is 79.2 Å². The summed E-state index contributed by atoms with van der Waals surface area (Å²) >= 11 is 6.13. The largest absolute Gasteiger partial charge is 0.466 e. The first-order valence-corrected chi connectivity index (χ1v) is 14.9. The molecule has 0 unspecified atom stereocenters. The van der Waals surface area contributed by atoms with Gasteiger partial charge in [0.25, 0.3) is 0 Å². The normalized spacial score (nSPS) is 12.9. The van der Waals surface area contributed by atoms with E-state index >= 15 is 0 Å². The summed E-state index contributed by atoms with van der Waals surface area (Å²) in [5, 5.41) is 1.35. The molecule has 0 aliphatic carbocycles. The quantitative estimate of drug-likeness (QED) is 0.262. The Balaban J connectivity index is 2.38. The Kier molecular flexibility index (Phi) is 8.55. The molecule has 0 N–H and O–H groups in total. The summed E-state index contributed by atoms with van der Waals surface area (Å²) < 4.78 is 35.6. The highest BCUT2D eigenvalue weighted by Crippen LogP contribution is 2.39. The van der Waals surface area contributed by atoms with Gasteiger partial charge in [-0.15, -0.1) is 0 Å². The van der Waals surface area contributed by atoms with Gasteiger partial charge in [0.05, 0.1) is 22.7 Å². The van der Waals surface area contributed by atoms with Crippen LogP contribution in [0.2, 0.25) is 5.02 Å². The lowest BCUT2D eigenvalue weighted by atomic mass is 9.87. The number of halogens is 1. The molecule has 2 aromatic carbocycles. The smallest absolute Gasteiger partial charge is 0.311 e. The molecule has 0 spiro atoms. The van der Waals surface area contributed by atoms with E-state index in [2.05, 4.69) is 24.5 Å². The van der Waals surface area contributed by atoms with Crippen LogP contribution in [0.25, 0.3) is 10.9 Å². The van der Waals surface area contributed by atoms with Gasteiger partial charge < -0.3 is 9.30 Å². The molecule has 0 fully saturated rings. The van der Waals surface area contributed by atoms with Gasteiger partial charge in [-0.3, -0.25) is 4.79 Å². The van der Waals surface area contributed by atoms with E-state index in [0.29, 0.717) is 27.5 Å². The molecule has 0 saturated carbocycles. The van der Waals surface area contributed by atoms with Crippen molar-refractivity contribution in [3.8, 4) is 0 Å². The van der Waals surface area contributed by atoms with Gasteiger partial charge >= 0.3 is 5.97 Å². The molecule has 7 heteroatoms. The van der Waals surface area contributed by atoms with Crippen LogP contribution in [0.3, 0.4) is 0 Å². The van der Waals surface area contributed by atoms with Crippen molar-refractivity contribution < 1.29 is 17.9 Å². The number of benzene rings is 2. The number of sulfone groups is 1. The molecule has 1 aromatic heterocycles. The van der Waals surface area contributed by atoms with Gasteiger partial charge in [0.1, 0.15) is 0 Å². The van der Waals surface area contributed by atoms with Crippen LogP contribution in [-0.4, -0.2) is 31.3 Å². The van der Waals surface area contributed by atoms with Crippen LogP contribution in [-0.2, 0) is 32.3 Å². The fourth-order valence-electron chi connectivity index (χ4n) is 4.69. The molecule has 5 nitrogen and oxygen atoms in total. The highest BCUT2D eigenvalue weighted by Gasteiger charge is 2.37. The van der Waals surface area contributed by atoms with E-state index in [1.54, 1.807) is 6.92 Å². The number of nitrogens with zero attached hydrogens (tertiary/aromatic N) is 1. The second-order valence-corrected chi connectivity index (χ2v) is 14.4. The molecule has 202 valence electrons. The summed E-state index contributed by atoms with van der Waals surface area (Å²) in [4.78, 5) is 13.3. The first-order valence-electron chi connectivity index (χ1n) is 12.8. The fraction of sp³-hybridized carbons (Fsp3) is 0.500. The highest BCUT2D eigenvalue weighted by molar-refractivity contribution is 7.91. The standard InChI is InChI=1S/C30H40ClNO4S/c1-9-36-28(33)30(7,8)17-26-27(37(34,35)19-29(4,5)6)24-16-22(20(2)3)12-15-25(24)32(26)18-21-10-13-23(31)14-11-21/h10-16,20H,9,17-19H2,1-8H3. The number of fused-ring (bicyclic) bond motifs is 1. The maximum absolute atomic E-state index is 14.1. The van der Waals surface area contributed by atoms with Crippen LogP contribution >= 0.6 is 11.6 Å². The van der Waals surface area contributed by atoms with Gasteiger partial charge in [-0.2, -0.15) is 0 Å². The van der Waals surface area contributed by atoms with Crippen molar-refractivity contribution >= 4 is 38.3 Å². The minimum Gasteiger partial charge on any atom is -0.466 e. The number of hydrogen-bond acceptors (Lipinski definition) is 4. The first kappa shape index (κ1) is 29.2. The fourth-order valence-corrected chi connectivity index (χ4v) is 7.14. The molecule has 0 aliphatic heterocycles. The van der Waals surface area contributed by atoms with E-state index in [0.717, 1.165) is 16.6 Å². The van der Waals surface area contributed by atoms with E-state index in [1.807, 2.05) is 71.0 Å². The Morgan fingerprint density at radius 3 is 2.19 bits per heavy atom. The minimum atomic E-state index is -3.70. The molecule has 1 heterocycles. The highest BCUT2D eigenvalue weighted by atomic mass is 35.5. The van der Waals surface area contributed by atoms with Gasteiger partial charge in [0, 0.05) is 34.6 Å². The molecule has 37 heavy (non-hydrogen) atoms. The first-order chi connectivity index (χ1) is 17.1. The Labute approximate surface area is 227 Å². The summed E-state index contributed by atoms with van der Waals surface area (Å²) in [6, 6.07) is 13.6. The van der Waals surface area contributed by atoms with Crippen molar-refractivity contribution in [1.82, 2.24) is 4.57 Å². The molecule has 0 aliphatic rings. The van der Waals surface area contributed by atoms with Gasteiger partial charge in [0.15, 0.2) is 9.84 Å². The summed E-state index contributed by atoms with van der Waals surface area (Å²) in [5.41, 5.74) is 2.17. The molecular formula is C30H40ClNO4S. The Morgan fingerprint density at radius 1 is 1.03 bits per heavy atom. The van der Waals surface area contributed by atoms with Crippen molar-refractivity contribution in [3.05, 3.63) is 64.3 Å². The topological polar surface area (TPSA) is 65.4 Å². The van der Waals surface area contributed by atoms with Gasteiger partial charge in [0.2, 0.25) is 0 Å². The van der Waals surface area contributed by atoms with Crippen LogP contribution in [0.15, 0.2) is 47.4 Å². The monoisotopic (exact) mass is 545 g/mol. The second kappa shape index (κ2) is 10.8. The number of esters is 1. The lowest BCUT2D eigenvalue weighted by molar-refractivity contribution is -0.153. The predicted molar refractivity (Wildman–Crippen MR) is 152 cm³/mol. The minimum absolute atomic E-state index is 0.00119. The van der Waals surface area contributed by atoms with E-state index in [-0.39, 0.29) is 30.7 Å². The summed E-state index contributed by atoms with van der Waals surface area (Å²) in [6.45, 7) is 16.1. The lowest BCUT2D eigenvalue weighted by Crippen LogP contribution is -2.31. The summed E-state index contributed by atoms with van der Waals surface area (Å²) in [7, 11) is -3.70. The van der Waals surface area contributed by atoms with Crippen LogP contribution < -0.4 is 0 Å². The third-order valence-electron chi connectivity index (χ3n) is 6.44. The maximum Gasteiger partial charge on any atom is 0.311 e. The summed E-state index contributed by atoms with van der Waals surface area (Å²) in [6.07, 6.45) is 0.226. The molecule has 3 aromatic rings. The molecule has 0 radical (unpaired) electrons. The third-order valence-corrected chi connectivity index (χ3v) is 9.01. The number of carbonyl (C=O) groups is 1. The number of aromatic nitrogens is 1. The lowest BCUT2D eigenvalue weighted by Gasteiger charge is -2.25. The molecule has 0 saturated heterocycles. The third kappa shape index (κ3) is 6.77. The van der Waals surface area contributed by atoms with Crippen LogP contribution in [0, 0.1) is 10.8 Å². The summed E-state index contributed by atoms with van der Waals surface area (Å²) in [5.74, 6) is -0.111. The van der Waals surface area contributed by atoms with Crippen molar-refractivity contribution in [3.63, 3.8) is 0 Å². The predicted octanol–water partition coefficient (Wildman–Crippen LogP) is 7.42. The van der Waals surface area contributed by atoms with E-state index in [4.69, 9.17) is 16.3 Å².